The Morgan fingerprint density at radius 2 is 1.62 bits per heavy atom. The number of benzene rings is 3. The average Bonchev–Trinajstić information content (AvgIpc) is 3.41. The Hall–Kier alpha value is -4.06. The first-order valence-electron chi connectivity index (χ1n) is 10.5. The van der Waals surface area contributed by atoms with Crippen LogP contribution in [0.1, 0.15) is 22.6 Å². The summed E-state index contributed by atoms with van der Waals surface area (Å²) in [6.45, 7) is 0.138. The highest BCUT2D eigenvalue weighted by Crippen LogP contribution is 2.44. The summed E-state index contributed by atoms with van der Waals surface area (Å²) in [5, 5.41) is 13.1. The van der Waals surface area contributed by atoms with E-state index >= 15 is 0 Å². The van der Waals surface area contributed by atoms with E-state index in [2.05, 4.69) is 22.4 Å². The molecule has 4 aromatic rings. The van der Waals surface area contributed by atoms with Crippen molar-refractivity contribution in [2.24, 2.45) is 0 Å². The lowest BCUT2D eigenvalue weighted by Crippen LogP contribution is -2.42. The van der Waals surface area contributed by atoms with Gasteiger partial charge < -0.3 is 20.1 Å². The molecular weight excluding hydrogens is 404 g/mol. The topological polar surface area (TPSA) is 91.4 Å². The van der Waals surface area contributed by atoms with Crippen LogP contribution in [0.15, 0.2) is 79.0 Å². The van der Waals surface area contributed by atoms with Gasteiger partial charge in [0, 0.05) is 29.4 Å². The van der Waals surface area contributed by atoms with Crippen molar-refractivity contribution in [1.82, 2.24) is 10.3 Å². The van der Waals surface area contributed by atoms with Crippen molar-refractivity contribution in [3.8, 4) is 11.1 Å². The van der Waals surface area contributed by atoms with Crippen LogP contribution in [-0.4, -0.2) is 34.8 Å². The maximum atomic E-state index is 12.5. The molecule has 0 aliphatic heterocycles. The van der Waals surface area contributed by atoms with Gasteiger partial charge in [0.25, 0.3) is 0 Å². The maximum absolute atomic E-state index is 12.5. The fraction of sp³-hybridized carbons (Fsp3) is 0.154. The molecular formula is C26H22N2O4. The molecule has 3 N–H and O–H groups in total. The zero-order valence-electron chi connectivity index (χ0n) is 17.2. The Labute approximate surface area is 184 Å². The van der Waals surface area contributed by atoms with Crippen LogP contribution in [0.4, 0.5) is 4.79 Å². The molecule has 1 unspecified atom stereocenters. The first-order valence-corrected chi connectivity index (χ1v) is 10.5. The minimum absolute atomic E-state index is 0.0787. The number of carbonyl (C=O) groups is 2. The van der Waals surface area contributed by atoms with Crippen LogP contribution >= 0.6 is 0 Å². The summed E-state index contributed by atoms with van der Waals surface area (Å²) in [5.74, 6) is -1.18. The molecule has 6 nitrogen and oxygen atoms in total. The van der Waals surface area contributed by atoms with E-state index in [9.17, 15) is 14.7 Å². The van der Waals surface area contributed by atoms with Crippen LogP contribution in [0, 0.1) is 0 Å². The molecule has 0 radical (unpaired) electrons. The van der Waals surface area contributed by atoms with Crippen molar-refractivity contribution in [2.75, 3.05) is 6.61 Å². The molecule has 6 heteroatoms. The van der Waals surface area contributed by atoms with Crippen molar-refractivity contribution in [3.05, 3.63) is 95.7 Å². The quantitative estimate of drug-likeness (QED) is 0.417. The van der Waals surface area contributed by atoms with E-state index in [4.69, 9.17) is 4.74 Å². The second-order valence-corrected chi connectivity index (χ2v) is 7.92. The maximum Gasteiger partial charge on any atom is 0.407 e. The molecule has 3 aromatic carbocycles. The third kappa shape index (κ3) is 3.60. The normalized spacial score (nSPS) is 13.4. The monoisotopic (exact) mass is 426 g/mol. The highest BCUT2D eigenvalue weighted by Gasteiger charge is 2.30. The highest BCUT2D eigenvalue weighted by molar-refractivity contribution is 5.85. The standard InChI is InChI=1S/C26H22N2O4/c29-25(30)24(14-16-6-5-11-23-17(16)12-13-27-23)28-26(31)32-15-22-20-9-3-1-7-18(20)19-8-2-4-10-21(19)22/h1-13,22,24,27H,14-15H2,(H,28,31)(H,29,30). The largest absolute Gasteiger partial charge is 0.480 e. The number of carbonyl (C=O) groups excluding carboxylic acids is 1. The van der Waals surface area contributed by atoms with Gasteiger partial charge in [-0.2, -0.15) is 0 Å². The molecule has 0 bridgehead atoms. The highest BCUT2D eigenvalue weighted by atomic mass is 16.5. The number of H-pyrrole nitrogens is 1. The van der Waals surface area contributed by atoms with Gasteiger partial charge in [0.2, 0.25) is 0 Å². The van der Waals surface area contributed by atoms with Gasteiger partial charge in [-0.05, 0) is 39.9 Å². The molecule has 1 aromatic heterocycles. The number of amides is 1. The summed E-state index contributed by atoms with van der Waals surface area (Å²) < 4.78 is 5.51. The summed E-state index contributed by atoms with van der Waals surface area (Å²) in [7, 11) is 0. The van der Waals surface area contributed by atoms with Crippen LogP contribution in [0.25, 0.3) is 22.0 Å². The number of ether oxygens (including phenoxy) is 1. The van der Waals surface area contributed by atoms with Crippen LogP contribution < -0.4 is 5.32 Å². The zero-order chi connectivity index (χ0) is 22.1. The van der Waals surface area contributed by atoms with Crippen molar-refractivity contribution < 1.29 is 19.4 Å². The summed E-state index contributed by atoms with van der Waals surface area (Å²) in [6, 6.07) is 22.6. The number of aromatic nitrogens is 1. The summed E-state index contributed by atoms with van der Waals surface area (Å²) in [5.41, 5.74) is 6.26. The van der Waals surface area contributed by atoms with E-state index in [1.807, 2.05) is 66.9 Å². The minimum Gasteiger partial charge on any atom is -0.480 e. The van der Waals surface area contributed by atoms with Gasteiger partial charge in [0.05, 0.1) is 0 Å². The number of aromatic amines is 1. The zero-order valence-corrected chi connectivity index (χ0v) is 17.2. The number of rotatable bonds is 6. The number of carboxylic acids is 1. The smallest absolute Gasteiger partial charge is 0.407 e. The van der Waals surface area contributed by atoms with Crippen LogP contribution in [0.3, 0.4) is 0 Å². The Bertz CT molecular complexity index is 1260. The first-order chi connectivity index (χ1) is 15.6. The fourth-order valence-corrected chi connectivity index (χ4v) is 4.53. The van der Waals surface area contributed by atoms with Gasteiger partial charge in [-0.3, -0.25) is 0 Å². The van der Waals surface area contributed by atoms with Gasteiger partial charge >= 0.3 is 12.1 Å². The second kappa shape index (κ2) is 8.23. The summed E-state index contributed by atoms with van der Waals surface area (Å²) in [4.78, 5) is 27.5. The average molecular weight is 426 g/mol. The number of hydrogen-bond acceptors (Lipinski definition) is 3. The molecule has 1 heterocycles. The number of nitrogens with one attached hydrogen (secondary N) is 2. The van der Waals surface area contributed by atoms with Crippen molar-refractivity contribution in [3.63, 3.8) is 0 Å². The lowest BCUT2D eigenvalue weighted by molar-refractivity contribution is -0.139. The van der Waals surface area contributed by atoms with E-state index in [0.29, 0.717) is 0 Å². The van der Waals surface area contributed by atoms with E-state index in [1.54, 1.807) is 0 Å². The second-order valence-electron chi connectivity index (χ2n) is 7.92. The Morgan fingerprint density at radius 1 is 0.938 bits per heavy atom. The third-order valence-corrected chi connectivity index (χ3v) is 6.04. The predicted octanol–water partition coefficient (Wildman–Crippen LogP) is 4.70. The van der Waals surface area contributed by atoms with Crippen molar-refractivity contribution in [1.29, 1.82) is 0 Å². The van der Waals surface area contributed by atoms with E-state index in [0.717, 1.165) is 38.7 Å². The molecule has 5 rings (SSSR count). The van der Waals surface area contributed by atoms with E-state index in [-0.39, 0.29) is 18.9 Å². The number of aliphatic carboxylic acids is 1. The Morgan fingerprint density at radius 3 is 2.31 bits per heavy atom. The molecule has 32 heavy (non-hydrogen) atoms. The minimum atomic E-state index is -1.11. The van der Waals surface area contributed by atoms with Gasteiger partial charge in [-0.15, -0.1) is 0 Å². The summed E-state index contributed by atoms with van der Waals surface area (Å²) >= 11 is 0. The fourth-order valence-electron chi connectivity index (χ4n) is 4.53. The SMILES string of the molecule is O=C(NC(Cc1cccc2[nH]ccc12)C(=O)O)OCC1c2ccccc2-c2ccccc21. The van der Waals surface area contributed by atoms with Gasteiger partial charge in [0.15, 0.2) is 0 Å². The molecule has 0 spiro atoms. The van der Waals surface area contributed by atoms with Crippen molar-refractivity contribution in [2.45, 2.75) is 18.4 Å². The number of fused-ring (bicyclic) bond motifs is 4. The number of hydrogen-bond donors (Lipinski definition) is 3. The Kier molecular flexibility index (Phi) is 5.11. The van der Waals surface area contributed by atoms with Crippen LogP contribution in [-0.2, 0) is 16.0 Å². The first kappa shape index (κ1) is 19.9. The summed E-state index contributed by atoms with van der Waals surface area (Å²) in [6.07, 6.45) is 1.23. The molecule has 0 saturated heterocycles. The van der Waals surface area contributed by atoms with E-state index in [1.165, 1.54) is 0 Å². The van der Waals surface area contributed by atoms with Gasteiger partial charge in [-0.25, -0.2) is 9.59 Å². The van der Waals surface area contributed by atoms with E-state index < -0.39 is 18.1 Å². The molecule has 0 saturated carbocycles. The number of alkyl carbamates (subject to hydrolysis) is 1. The van der Waals surface area contributed by atoms with Crippen molar-refractivity contribution >= 4 is 23.0 Å². The third-order valence-electron chi connectivity index (χ3n) is 6.04. The predicted molar refractivity (Wildman–Crippen MR) is 122 cm³/mol. The molecule has 1 aliphatic rings. The number of carboxylic acid groups (broad SMARTS) is 1. The van der Waals surface area contributed by atoms with Gasteiger partial charge in [-0.1, -0.05) is 60.7 Å². The molecule has 0 fully saturated rings. The molecule has 1 atom stereocenters. The molecule has 1 aliphatic carbocycles. The lowest BCUT2D eigenvalue weighted by atomic mass is 9.98. The van der Waals surface area contributed by atoms with Crippen LogP contribution in [0.5, 0.6) is 0 Å². The molecule has 1 amide bonds. The van der Waals surface area contributed by atoms with Crippen LogP contribution in [0.2, 0.25) is 0 Å². The van der Waals surface area contributed by atoms with Gasteiger partial charge in [0.1, 0.15) is 12.6 Å². The Balaban J connectivity index is 1.29. The lowest BCUT2D eigenvalue weighted by Gasteiger charge is -2.18. The molecule has 160 valence electrons.